The van der Waals surface area contributed by atoms with Crippen LogP contribution in [-0.2, 0) is 26.2 Å². The van der Waals surface area contributed by atoms with E-state index in [0.29, 0.717) is 15.6 Å². The fourth-order valence-electron chi connectivity index (χ4n) is 3.80. The number of rotatable bonds is 10. The van der Waals surface area contributed by atoms with E-state index in [9.17, 15) is 22.4 Å². The van der Waals surface area contributed by atoms with Gasteiger partial charge in [-0.2, -0.15) is 0 Å². The van der Waals surface area contributed by atoms with E-state index in [1.807, 2.05) is 0 Å². The third kappa shape index (κ3) is 6.60. The van der Waals surface area contributed by atoms with Crippen LogP contribution in [0.1, 0.15) is 18.9 Å². The van der Waals surface area contributed by atoms with Crippen LogP contribution in [0.3, 0.4) is 0 Å². The van der Waals surface area contributed by atoms with Gasteiger partial charge in [-0.05, 0) is 55.0 Å². The minimum absolute atomic E-state index is 0.123. The average molecular weight is 566 g/mol. The average Bonchev–Trinajstić information content (AvgIpc) is 2.89. The SMILES string of the molecule is CC[C@H](C(=O)NC)N(Cc1c(Cl)cccc1Cl)C(=O)CN(c1ccccc1)S(=O)(=O)c1ccc(F)cc1. The molecule has 3 aromatic rings. The molecule has 0 saturated carbocycles. The molecule has 0 aromatic heterocycles. The van der Waals surface area contributed by atoms with E-state index >= 15 is 0 Å². The first-order chi connectivity index (χ1) is 17.6. The second-order valence-electron chi connectivity index (χ2n) is 8.06. The van der Waals surface area contributed by atoms with Crippen molar-refractivity contribution in [2.24, 2.45) is 0 Å². The van der Waals surface area contributed by atoms with Crippen molar-refractivity contribution in [3.8, 4) is 0 Å². The maximum atomic E-state index is 13.8. The van der Waals surface area contributed by atoms with E-state index < -0.39 is 40.2 Å². The van der Waals surface area contributed by atoms with Gasteiger partial charge in [-0.15, -0.1) is 0 Å². The van der Waals surface area contributed by atoms with Crippen LogP contribution in [0.15, 0.2) is 77.7 Å². The number of nitrogens with zero attached hydrogens (tertiary/aromatic N) is 2. The predicted octanol–water partition coefficient (Wildman–Crippen LogP) is 4.88. The summed E-state index contributed by atoms with van der Waals surface area (Å²) in [5.74, 6) is -1.67. The minimum Gasteiger partial charge on any atom is -0.357 e. The van der Waals surface area contributed by atoms with E-state index in [1.54, 1.807) is 55.5 Å². The molecule has 0 bridgehead atoms. The van der Waals surface area contributed by atoms with Gasteiger partial charge >= 0.3 is 0 Å². The van der Waals surface area contributed by atoms with Gasteiger partial charge in [0, 0.05) is 29.2 Å². The van der Waals surface area contributed by atoms with Gasteiger partial charge in [-0.3, -0.25) is 13.9 Å². The van der Waals surface area contributed by atoms with Gasteiger partial charge in [0.05, 0.1) is 10.6 Å². The van der Waals surface area contributed by atoms with Crippen LogP contribution in [0.2, 0.25) is 10.0 Å². The number of carbonyl (C=O) groups excluding carboxylic acids is 2. The van der Waals surface area contributed by atoms with Crippen molar-refractivity contribution in [3.05, 3.63) is 94.2 Å². The Labute approximate surface area is 225 Å². The molecule has 0 aliphatic heterocycles. The van der Waals surface area contributed by atoms with Crippen molar-refractivity contribution in [2.45, 2.75) is 30.8 Å². The Hall–Kier alpha value is -3.14. The first kappa shape index (κ1) is 28.4. The molecule has 0 fully saturated rings. The molecule has 0 radical (unpaired) electrons. The fourth-order valence-corrected chi connectivity index (χ4v) is 5.73. The van der Waals surface area contributed by atoms with Crippen LogP contribution < -0.4 is 9.62 Å². The molecule has 0 aliphatic carbocycles. The molecule has 0 unspecified atom stereocenters. The summed E-state index contributed by atoms with van der Waals surface area (Å²) in [6.45, 7) is 0.987. The van der Waals surface area contributed by atoms with Gasteiger partial charge in [0.1, 0.15) is 18.4 Å². The van der Waals surface area contributed by atoms with E-state index in [-0.39, 0.29) is 23.5 Å². The number of anilines is 1. The van der Waals surface area contributed by atoms with Crippen LogP contribution in [0.4, 0.5) is 10.1 Å². The molecule has 0 saturated heterocycles. The summed E-state index contributed by atoms with van der Waals surface area (Å²) in [4.78, 5) is 27.6. The molecule has 196 valence electrons. The number of sulfonamides is 1. The largest absolute Gasteiger partial charge is 0.357 e. The highest BCUT2D eigenvalue weighted by atomic mass is 35.5. The lowest BCUT2D eigenvalue weighted by atomic mass is 10.1. The molecule has 1 atom stereocenters. The van der Waals surface area contributed by atoms with Crippen molar-refractivity contribution < 1.29 is 22.4 Å². The predicted molar refractivity (Wildman–Crippen MR) is 143 cm³/mol. The number of amides is 2. The third-order valence-electron chi connectivity index (χ3n) is 5.75. The molecular weight excluding hydrogens is 540 g/mol. The molecule has 3 rings (SSSR count). The van der Waals surface area contributed by atoms with Crippen LogP contribution in [-0.4, -0.2) is 44.8 Å². The molecule has 0 spiro atoms. The third-order valence-corrected chi connectivity index (χ3v) is 8.24. The fraction of sp³-hybridized carbons (Fsp3) is 0.231. The second kappa shape index (κ2) is 12.4. The van der Waals surface area contributed by atoms with Gasteiger partial charge in [0.2, 0.25) is 11.8 Å². The highest BCUT2D eigenvalue weighted by Gasteiger charge is 2.34. The monoisotopic (exact) mass is 565 g/mol. The molecule has 11 heteroatoms. The van der Waals surface area contributed by atoms with Crippen molar-refractivity contribution in [1.29, 1.82) is 0 Å². The minimum atomic E-state index is -4.28. The number of hydrogen-bond donors (Lipinski definition) is 1. The Morgan fingerprint density at radius 3 is 2.08 bits per heavy atom. The molecule has 3 aromatic carbocycles. The normalized spacial score (nSPS) is 12.0. The summed E-state index contributed by atoms with van der Waals surface area (Å²) in [7, 11) is -2.83. The van der Waals surface area contributed by atoms with E-state index in [1.165, 1.54) is 11.9 Å². The topological polar surface area (TPSA) is 86.8 Å². The number of hydrogen-bond acceptors (Lipinski definition) is 4. The summed E-state index contributed by atoms with van der Waals surface area (Å²) >= 11 is 12.7. The van der Waals surface area contributed by atoms with E-state index in [0.717, 1.165) is 28.6 Å². The standard InChI is InChI=1S/C26H26Cl2FN3O4S/c1-3-24(26(34)30-2)31(16-21-22(27)10-7-11-23(21)28)25(33)17-32(19-8-5-4-6-9-19)37(35,36)20-14-12-18(29)13-15-20/h4-15,24H,3,16-17H2,1-2H3,(H,30,34)/t24-/m1/s1. The molecule has 2 amide bonds. The van der Waals surface area contributed by atoms with Crippen molar-refractivity contribution in [1.82, 2.24) is 10.2 Å². The Bertz CT molecular complexity index is 1340. The van der Waals surface area contributed by atoms with Gasteiger partial charge in [0.15, 0.2) is 0 Å². The van der Waals surface area contributed by atoms with Crippen LogP contribution in [0.25, 0.3) is 0 Å². The Balaban J connectivity index is 2.07. The van der Waals surface area contributed by atoms with E-state index in [2.05, 4.69) is 5.32 Å². The number of para-hydroxylation sites is 1. The van der Waals surface area contributed by atoms with Crippen LogP contribution in [0, 0.1) is 5.82 Å². The molecule has 7 nitrogen and oxygen atoms in total. The van der Waals surface area contributed by atoms with Gasteiger partial charge < -0.3 is 10.2 Å². The van der Waals surface area contributed by atoms with Crippen molar-refractivity contribution in [3.63, 3.8) is 0 Å². The van der Waals surface area contributed by atoms with Crippen molar-refractivity contribution in [2.75, 3.05) is 17.9 Å². The smallest absolute Gasteiger partial charge is 0.264 e. The summed E-state index contributed by atoms with van der Waals surface area (Å²) in [5, 5.41) is 3.15. The van der Waals surface area contributed by atoms with Crippen LogP contribution in [0.5, 0.6) is 0 Å². The lowest BCUT2D eigenvalue weighted by Gasteiger charge is -2.33. The Morgan fingerprint density at radius 2 is 1.54 bits per heavy atom. The highest BCUT2D eigenvalue weighted by molar-refractivity contribution is 7.92. The summed E-state index contributed by atoms with van der Waals surface area (Å²) in [5.41, 5.74) is 0.651. The number of likely N-dealkylation sites (N-methyl/N-ethyl adjacent to an activating group) is 1. The molecular formula is C26H26Cl2FN3O4S. The number of nitrogens with one attached hydrogen (secondary N) is 1. The molecule has 1 N–H and O–H groups in total. The highest BCUT2D eigenvalue weighted by Crippen LogP contribution is 2.28. The zero-order chi connectivity index (χ0) is 27.2. The second-order valence-corrected chi connectivity index (χ2v) is 10.7. The van der Waals surface area contributed by atoms with E-state index in [4.69, 9.17) is 23.2 Å². The quantitative estimate of drug-likeness (QED) is 0.379. The maximum Gasteiger partial charge on any atom is 0.264 e. The van der Waals surface area contributed by atoms with Gasteiger partial charge in [-0.1, -0.05) is 54.4 Å². The zero-order valence-electron chi connectivity index (χ0n) is 20.2. The Morgan fingerprint density at radius 1 is 0.946 bits per heavy atom. The summed E-state index contributed by atoms with van der Waals surface area (Å²) in [6, 6.07) is 16.3. The lowest BCUT2D eigenvalue weighted by molar-refractivity contribution is -0.140. The Kier molecular flexibility index (Phi) is 9.53. The van der Waals surface area contributed by atoms with Gasteiger partial charge in [-0.25, -0.2) is 12.8 Å². The zero-order valence-corrected chi connectivity index (χ0v) is 22.5. The number of halogens is 3. The number of benzene rings is 3. The molecule has 37 heavy (non-hydrogen) atoms. The first-order valence-electron chi connectivity index (χ1n) is 11.4. The molecule has 0 heterocycles. The summed E-state index contributed by atoms with van der Waals surface area (Å²) < 4.78 is 41.6. The lowest BCUT2D eigenvalue weighted by Crippen LogP contribution is -2.51. The summed E-state index contributed by atoms with van der Waals surface area (Å²) in [6.07, 6.45) is 0.254. The maximum absolute atomic E-state index is 13.8. The number of carbonyl (C=O) groups is 2. The van der Waals surface area contributed by atoms with Crippen molar-refractivity contribution >= 4 is 50.7 Å². The first-order valence-corrected chi connectivity index (χ1v) is 13.6. The van der Waals surface area contributed by atoms with Gasteiger partial charge in [0.25, 0.3) is 10.0 Å². The van der Waals surface area contributed by atoms with Crippen LogP contribution >= 0.6 is 23.2 Å². The molecule has 0 aliphatic rings.